The van der Waals surface area contributed by atoms with Gasteiger partial charge in [-0.15, -0.1) is 0 Å². The van der Waals surface area contributed by atoms with E-state index < -0.39 is 0 Å². The topological polar surface area (TPSA) is 41.1 Å². The molecule has 0 aromatic heterocycles. The van der Waals surface area contributed by atoms with Crippen LogP contribution in [0.4, 0.5) is 4.39 Å². The van der Waals surface area contributed by atoms with Gasteiger partial charge in [-0.05, 0) is 43.1 Å². The van der Waals surface area contributed by atoms with Gasteiger partial charge in [-0.1, -0.05) is 42.5 Å². The number of halogens is 1. The number of amides is 1. The molecule has 1 unspecified atom stereocenters. The van der Waals surface area contributed by atoms with Crippen molar-refractivity contribution < 1.29 is 9.18 Å². The van der Waals surface area contributed by atoms with Crippen LogP contribution in [0, 0.1) is 5.82 Å². The molecule has 2 N–H and O–H groups in total. The van der Waals surface area contributed by atoms with E-state index in [1.807, 2.05) is 37.3 Å². The summed E-state index contributed by atoms with van der Waals surface area (Å²) in [7, 11) is 0. The van der Waals surface area contributed by atoms with Gasteiger partial charge in [0.25, 0.3) is 0 Å². The van der Waals surface area contributed by atoms with Crippen molar-refractivity contribution >= 4 is 5.91 Å². The maximum Gasteiger partial charge on any atom is 0.221 e. The Labute approximate surface area is 136 Å². The molecule has 0 saturated heterocycles. The molecule has 2 rings (SSSR count). The molecule has 0 aliphatic rings. The van der Waals surface area contributed by atoms with Crippen LogP contribution in [0.15, 0.2) is 54.6 Å². The highest BCUT2D eigenvalue weighted by molar-refractivity contribution is 5.76. The number of rotatable bonds is 8. The maximum atomic E-state index is 12.8. The minimum Gasteiger partial charge on any atom is -0.350 e. The zero-order chi connectivity index (χ0) is 16.5. The van der Waals surface area contributed by atoms with Gasteiger partial charge in [0.1, 0.15) is 5.82 Å². The number of hydrogen-bond acceptors (Lipinski definition) is 2. The largest absolute Gasteiger partial charge is 0.350 e. The molecule has 0 bridgehead atoms. The SMILES string of the molecule is CC(NC(=O)CCNCCc1ccc(F)cc1)c1ccccc1. The predicted molar refractivity (Wildman–Crippen MR) is 90.6 cm³/mol. The highest BCUT2D eigenvalue weighted by Crippen LogP contribution is 2.10. The fourth-order valence-electron chi connectivity index (χ4n) is 2.35. The summed E-state index contributed by atoms with van der Waals surface area (Å²) in [5, 5.41) is 6.23. The number of nitrogens with one attached hydrogen (secondary N) is 2. The average Bonchev–Trinajstić information content (AvgIpc) is 2.57. The molecule has 122 valence electrons. The summed E-state index contributed by atoms with van der Waals surface area (Å²) in [6.07, 6.45) is 1.27. The van der Waals surface area contributed by atoms with E-state index >= 15 is 0 Å². The lowest BCUT2D eigenvalue weighted by molar-refractivity contribution is -0.121. The van der Waals surface area contributed by atoms with Crippen LogP contribution in [0.3, 0.4) is 0 Å². The molecule has 0 spiro atoms. The molecule has 4 heteroatoms. The lowest BCUT2D eigenvalue weighted by Gasteiger charge is -2.14. The van der Waals surface area contributed by atoms with Gasteiger partial charge < -0.3 is 10.6 Å². The van der Waals surface area contributed by atoms with Crippen LogP contribution in [0.5, 0.6) is 0 Å². The summed E-state index contributed by atoms with van der Waals surface area (Å²) in [4.78, 5) is 11.9. The molecule has 0 radical (unpaired) electrons. The summed E-state index contributed by atoms with van der Waals surface area (Å²) < 4.78 is 12.8. The highest BCUT2D eigenvalue weighted by atomic mass is 19.1. The molecule has 0 heterocycles. The number of hydrogen-bond donors (Lipinski definition) is 2. The molecule has 23 heavy (non-hydrogen) atoms. The Bertz CT molecular complexity index is 599. The van der Waals surface area contributed by atoms with Crippen molar-refractivity contribution in [1.82, 2.24) is 10.6 Å². The van der Waals surface area contributed by atoms with Crippen molar-refractivity contribution in [1.29, 1.82) is 0 Å². The molecule has 0 aliphatic heterocycles. The van der Waals surface area contributed by atoms with Crippen molar-refractivity contribution in [2.75, 3.05) is 13.1 Å². The third-order valence-electron chi connectivity index (χ3n) is 3.71. The van der Waals surface area contributed by atoms with E-state index in [0.717, 1.165) is 24.1 Å². The molecule has 1 amide bonds. The predicted octanol–water partition coefficient (Wildman–Crippen LogP) is 3.23. The maximum absolute atomic E-state index is 12.8. The molecule has 0 fully saturated rings. The van der Waals surface area contributed by atoms with Crippen LogP contribution in [-0.2, 0) is 11.2 Å². The normalized spacial score (nSPS) is 11.9. The van der Waals surface area contributed by atoms with E-state index in [9.17, 15) is 9.18 Å². The Morgan fingerprint density at radius 2 is 1.74 bits per heavy atom. The van der Waals surface area contributed by atoms with Crippen LogP contribution in [0.2, 0.25) is 0 Å². The van der Waals surface area contributed by atoms with Crippen LogP contribution in [0.25, 0.3) is 0 Å². The van der Waals surface area contributed by atoms with Gasteiger partial charge in [0.2, 0.25) is 5.91 Å². The van der Waals surface area contributed by atoms with Gasteiger partial charge in [-0.3, -0.25) is 4.79 Å². The smallest absolute Gasteiger partial charge is 0.221 e. The third kappa shape index (κ3) is 6.20. The Hall–Kier alpha value is -2.20. The van der Waals surface area contributed by atoms with Crippen LogP contribution < -0.4 is 10.6 Å². The first-order valence-corrected chi connectivity index (χ1v) is 7.94. The summed E-state index contributed by atoms with van der Waals surface area (Å²) in [6, 6.07) is 16.4. The van der Waals surface area contributed by atoms with Crippen molar-refractivity contribution in [2.45, 2.75) is 25.8 Å². The van der Waals surface area contributed by atoms with E-state index in [1.54, 1.807) is 12.1 Å². The van der Waals surface area contributed by atoms with E-state index in [2.05, 4.69) is 10.6 Å². The molecule has 2 aromatic carbocycles. The van der Waals surface area contributed by atoms with Crippen molar-refractivity contribution in [3.05, 3.63) is 71.5 Å². The quantitative estimate of drug-likeness (QED) is 0.735. The van der Waals surface area contributed by atoms with E-state index in [1.165, 1.54) is 12.1 Å². The molecule has 3 nitrogen and oxygen atoms in total. The summed E-state index contributed by atoms with van der Waals surface area (Å²) in [6.45, 7) is 3.39. The van der Waals surface area contributed by atoms with Crippen LogP contribution in [-0.4, -0.2) is 19.0 Å². The number of benzene rings is 2. The third-order valence-corrected chi connectivity index (χ3v) is 3.71. The fraction of sp³-hybridized carbons (Fsp3) is 0.316. The molecule has 2 aromatic rings. The molecular formula is C19H23FN2O. The van der Waals surface area contributed by atoms with Crippen LogP contribution >= 0.6 is 0 Å². The van der Waals surface area contributed by atoms with Gasteiger partial charge in [-0.2, -0.15) is 0 Å². The monoisotopic (exact) mass is 314 g/mol. The minimum absolute atomic E-state index is 0.0166. The summed E-state index contributed by atoms with van der Waals surface area (Å²) in [5.74, 6) is -0.179. The van der Waals surface area contributed by atoms with Crippen molar-refractivity contribution in [2.24, 2.45) is 0 Å². The molecule has 0 saturated carbocycles. The summed E-state index contributed by atoms with van der Waals surface area (Å²) in [5.41, 5.74) is 2.19. The first-order valence-electron chi connectivity index (χ1n) is 7.94. The van der Waals surface area contributed by atoms with E-state index in [-0.39, 0.29) is 17.8 Å². The van der Waals surface area contributed by atoms with Gasteiger partial charge in [0, 0.05) is 13.0 Å². The van der Waals surface area contributed by atoms with Crippen LogP contribution in [0.1, 0.15) is 30.5 Å². The Balaban J connectivity index is 1.60. The molecule has 0 aliphatic carbocycles. The zero-order valence-corrected chi connectivity index (χ0v) is 13.4. The van der Waals surface area contributed by atoms with Gasteiger partial charge >= 0.3 is 0 Å². The van der Waals surface area contributed by atoms with Crippen molar-refractivity contribution in [3.63, 3.8) is 0 Å². The lowest BCUT2D eigenvalue weighted by atomic mass is 10.1. The first kappa shape index (κ1) is 17.2. The first-order chi connectivity index (χ1) is 11.1. The standard InChI is InChI=1S/C19H23FN2O/c1-15(17-5-3-2-4-6-17)22-19(23)12-14-21-13-11-16-7-9-18(20)10-8-16/h2-10,15,21H,11-14H2,1H3,(H,22,23). The fourth-order valence-corrected chi connectivity index (χ4v) is 2.35. The van der Waals surface area contributed by atoms with Crippen molar-refractivity contribution in [3.8, 4) is 0 Å². The Morgan fingerprint density at radius 1 is 1.04 bits per heavy atom. The van der Waals surface area contributed by atoms with E-state index in [4.69, 9.17) is 0 Å². The average molecular weight is 314 g/mol. The second kappa shape index (κ2) is 9.06. The second-order valence-corrected chi connectivity index (χ2v) is 5.58. The van der Waals surface area contributed by atoms with Gasteiger partial charge in [0.15, 0.2) is 0 Å². The summed E-state index contributed by atoms with van der Waals surface area (Å²) >= 11 is 0. The Morgan fingerprint density at radius 3 is 2.43 bits per heavy atom. The number of carbonyl (C=O) groups is 1. The Kier molecular flexibility index (Phi) is 6.76. The molecule has 1 atom stereocenters. The minimum atomic E-state index is -0.217. The number of carbonyl (C=O) groups excluding carboxylic acids is 1. The second-order valence-electron chi connectivity index (χ2n) is 5.58. The van der Waals surface area contributed by atoms with Gasteiger partial charge in [0.05, 0.1) is 6.04 Å². The molecular weight excluding hydrogens is 291 g/mol. The van der Waals surface area contributed by atoms with E-state index in [0.29, 0.717) is 13.0 Å². The zero-order valence-electron chi connectivity index (χ0n) is 13.4. The highest BCUT2D eigenvalue weighted by Gasteiger charge is 2.08. The lowest BCUT2D eigenvalue weighted by Crippen LogP contribution is -2.30. The van der Waals surface area contributed by atoms with Gasteiger partial charge in [-0.25, -0.2) is 4.39 Å².